The van der Waals surface area contributed by atoms with Crippen molar-refractivity contribution in [1.29, 1.82) is 0 Å². The molecule has 0 spiro atoms. The summed E-state index contributed by atoms with van der Waals surface area (Å²) < 4.78 is 24.2. The van der Waals surface area contributed by atoms with Crippen molar-refractivity contribution in [3.05, 3.63) is 60.3 Å². The van der Waals surface area contributed by atoms with E-state index in [1.54, 1.807) is 25.1 Å². The van der Waals surface area contributed by atoms with Gasteiger partial charge in [0.1, 0.15) is 5.44 Å². The minimum absolute atomic E-state index is 0.0802. The molecule has 3 nitrogen and oxygen atoms in total. The maximum absolute atomic E-state index is 12.2. The fraction of sp³-hybridized carbons (Fsp3) is 0.0833. The summed E-state index contributed by atoms with van der Waals surface area (Å²) in [6.45, 7) is 1.71. The molecule has 1 unspecified atom stereocenters. The third-order valence-corrected chi connectivity index (χ3v) is 3.87. The van der Waals surface area contributed by atoms with Gasteiger partial charge in [-0.2, -0.15) is 0 Å². The molecule has 90 valence electrons. The number of allylic oxidation sites excluding steroid dienone is 5. The molecule has 1 atom stereocenters. The third kappa shape index (κ3) is 3.48. The van der Waals surface area contributed by atoms with Crippen LogP contribution in [0, 0.1) is 0 Å². The largest absolute Gasteiger partial charge is 0.337 e. The highest BCUT2D eigenvalue weighted by molar-refractivity contribution is 7.70. The van der Waals surface area contributed by atoms with Gasteiger partial charge in [-0.1, -0.05) is 18.2 Å². The molecule has 17 heavy (non-hydrogen) atoms. The number of hydrogen-bond acceptors (Lipinski definition) is 2. The van der Waals surface area contributed by atoms with Crippen molar-refractivity contribution in [2.75, 3.05) is 0 Å². The molecule has 1 aromatic rings. The minimum Gasteiger partial charge on any atom is -0.337 e. The number of hydrogen-bond donors (Lipinski definition) is 1. The van der Waals surface area contributed by atoms with Crippen LogP contribution in [0.4, 0.5) is 4.39 Å². The van der Waals surface area contributed by atoms with Gasteiger partial charge in [-0.3, -0.25) is 9.55 Å². The van der Waals surface area contributed by atoms with Crippen LogP contribution in [-0.4, -0.2) is 9.88 Å². The quantitative estimate of drug-likeness (QED) is 0.663. The van der Waals surface area contributed by atoms with Crippen LogP contribution >= 0.6 is 7.37 Å². The van der Waals surface area contributed by atoms with Crippen LogP contribution in [0.2, 0.25) is 0 Å². The van der Waals surface area contributed by atoms with E-state index in [0.29, 0.717) is 6.33 Å². The summed E-state index contributed by atoms with van der Waals surface area (Å²) in [5, 5.41) is 0.132. The first-order valence-corrected chi connectivity index (χ1v) is 6.63. The van der Waals surface area contributed by atoms with Crippen LogP contribution in [0.15, 0.2) is 60.3 Å². The molecule has 0 aliphatic carbocycles. The van der Waals surface area contributed by atoms with E-state index in [9.17, 15) is 13.8 Å². The summed E-state index contributed by atoms with van der Waals surface area (Å²) in [5.41, 5.74) is 0.0802. The van der Waals surface area contributed by atoms with Gasteiger partial charge in [-0.25, -0.2) is 4.39 Å². The summed E-state index contributed by atoms with van der Waals surface area (Å²) in [5.74, 6) is 0. The van der Waals surface area contributed by atoms with Crippen LogP contribution in [-0.2, 0) is 4.57 Å². The van der Waals surface area contributed by atoms with Crippen LogP contribution in [0.5, 0.6) is 0 Å². The first kappa shape index (κ1) is 13.6. The van der Waals surface area contributed by atoms with Crippen molar-refractivity contribution in [2.45, 2.75) is 6.92 Å². The van der Waals surface area contributed by atoms with Crippen LogP contribution in [0.25, 0.3) is 0 Å². The Kier molecular flexibility index (Phi) is 5.01. The summed E-state index contributed by atoms with van der Waals surface area (Å²) in [6, 6.07) is 4.75. The molecule has 1 heterocycles. The zero-order chi connectivity index (χ0) is 12.7. The first-order chi connectivity index (χ1) is 8.12. The molecule has 0 radical (unpaired) electrons. The fourth-order valence-electron chi connectivity index (χ4n) is 1.23. The van der Waals surface area contributed by atoms with Gasteiger partial charge in [-0.05, 0) is 31.2 Å². The molecule has 0 saturated heterocycles. The van der Waals surface area contributed by atoms with Gasteiger partial charge >= 0.3 is 0 Å². The highest BCUT2D eigenvalue weighted by Crippen LogP contribution is 2.48. The molecular weight excluding hydrogens is 240 g/mol. The van der Waals surface area contributed by atoms with E-state index in [2.05, 4.69) is 4.98 Å². The van der Waals surface area contributed by atoms with E-state index >= 15 is 0 Å². The number of halogens is 1. The maximum Gasteiger partial charge on any atom is 0.276 e. The SMILES string of the molecule is C\C=C/C(=C\C=C/F)P(=O)(O)c1ccccn1. The lowest BCUT2D eigenvalue weighted by molar-refractivity contribution is 0.497. The predicted molar refractivity (Wildman–Crippen MR) is 66.8 cm³/mol. The molecule has 0 saturated carbocycles. The van der Waals surface area contributed by atoms with Crippen molar-refractivity contribution in [3.63, 3.8) is 0 Å². The van der Waals surface area contributed by atoms with E-state index < -0.39 is 7.37 Å². The average Bonchev–Trinajstić information content (AvgIpc) is 2.35. The van der Waals surface area contributed by atoms with Crippen LogP contribution < -0.4 is 5.44 Å². The summed E-state index contributed by atoms with van der Waals surface area (Å²) in [4.78, 5) is 13.9. The Morgan fingerprint density at radius 3 is 2.82 bits per heavy atom. The molecular formula is C12H13FNO2P. The van der Waals surface area contributed by atoms with Crippen LogP contribution in [0.1, 0.15) is 6.92 Å². The van der Waals surface area contributed by atoms with Crippen molar-refractivity contribution in [2.24, 2.45) is 0 Å². The predicted octanol–water partition coefficient (Wildman–Crippen LogP) is 2.92. The molecule has 0 aliphatic heterocycles. The molecule has 5 heteroatoms. The summed E-state index contributed by atoms with van der Waals surface area (Å²) >= 11 is 0. The molecule has 1 rings (SSSR count). The molecule has 0 fully saturated rings. The standard InChI is InChI=1S/C12H13FNO2P/c1-2-6-11(7-5-9-13)17(15,16)12-8-3-4-10-14-12/h2-10H,1H3,(H,15,16)/b6-2-,9-5-,11-7+. The van der Waals surface area contributed by atoms with Crippen molar-refractivity contribution < 1.29 is 13.8 Å². The van der Waals surface area contributed by atoms with Gasteiger partial charge in [0.25, 0.3) is 7.37 Å². The zero-order valence-electron chi connectivity index (χ0n) is 9.32. The van der Waals surface area contributed by atoms with Gasteiger partial charge < -0.3 is 4.89 Å². The molecule has 0 bridgehead atoms. The Hall–Kier alpha value is -1.51. The molecule has 0 aliphatic rings. The second-order valence-electron chi connectivity index (χ2n) is 3.17. The Morgan fingerprint density at radius 2 is 2.29 bits per heavy atom. The van der Waals surface area contributed by atoms with Gasteiger partial charge in [-0.15, -0.1) is 0 Å². The van der Waals surface area contributed by atoms with Crippen molar-refractivity contribution in [1.82, 2.24) is 4.98 Å². The summed E-state index contributed by atoms with van der Waals surface area (Å²) in [6.07, 6.45) is 7.16. The van der Waals surface area contributed by atoms with Crippen LogP contribution in [0.3, 0.4) is 0 Å². The van der Waals surface area contributed by atoms with E-state index in [1.165, 1.54) is 24.4 Å². The Bertz CT molecular complexity index is 494. The van der Waals surface area contributed by atoms with Crippen molar-refractivity contribution in [3.8, 4) is 0 Å². The number of rotatable bonds is 4. The topological polar surface area (TPSA) is 50.2 Å². The maximum atomic E-state index is 12.2. The number of pyridine rings is 1. The Labute approximate surface area is 99.5 Å². The number of nitrogens with zero attached hydrogens (tertiary/aromatic N) is 1. The first-order valence-electron chi connectivity index (χ1n) is 4.97. The summed E-state index contributed by atoms with van der Waals surface area (Å²) in [7, 11) is -3.76. The second-order valence-corrected chi connectivity index (χ2v) is 5.30. The van der Waals surface area contributed by atoms with Gasteiger partial charge in [0.15, 0.2) is 0 Å². The normalized spacial score (nSPS) is 16.5. The second kappa shape index (κ2) is 6.28. The van der Waals surface area contributed by atoms with Gasteiger partial charge in [0, 0.05) is 11.5 Å². The van der Waals surface area contributed by atoms with Gasteiger partial charge in [0.2, 0.25) is 0 Å². The molecule has 0 aromatic carbocycles. The zero-order valence-corrected chi connectivity index (χ0v) is 10.2. The lowest BCUT2D eigenvalue weighted by Crippen LogP contribution is -2.09. The highest BCUT2D eigenvalue weighted by atomic mass is 31.2. The van der Waals surface area contributed by atoms with Gasteiger partial charge in [0.05, 0.1) is 6.33 Å². The fourth-order valence-corrected chi connectivity index (χ4v) is 2.64. The monoisotopic (exact) mass is 253 g/mol. The Morgan fingerprint density at radius 1 is 1.53 bits per heavy atom. The van der Waals surface area contributed by atoms with E-state index in [1.807, 2.05) is 0 Å². The lowest BCUT2D eigenvalue weighted by Gasteiger charge is -2.11. The molecule has 1 aromatic heterocycles. The van der Waals surface area contributed by atoms with Crippen molar-refractivity contribution >= 4 is 12.8 Å². The lowest BCUT2D eigenvalue weighted by atomic mass is 10.4. The number of aromatic nitrogens is 1. The highest BCUT2D eigenvalue weighted by Gasteiger charge is 2.25. The average molecular weight is 253 g/mol. The van der Waals surface area contributed by atoms with E-state index in [0.717, 1.165) is 6.08 Å². The van der Waals surface area contributed by atoms with E-state index in [4.69, 9.17) is 0 Å². The molecule has 0 amide bonds. The minimum atomic E-state index is -3.76. The molecule has 1 N–H and O–H groups in total. The Balaban J connectivity index is 3.23. The third-order valence-electron chi connectivity index (χ3n) is 1.99. The smallest absolute Gasteiger partial charge is 0.276 e. The van der Waals surface area contributed by atoms with E-state index in [-0.39, 0.29) is 10.7 Å².